The van der Waals surface area contributed by atoms with Crippen molar-refractivity contribution in [1.29, 1.82) is 0 Å². The standard InChI is InChI=1S/C8H10BrN3O/c9-6-4-12-2-1-5(6)7(10)3-8(11)13/h1-2,4,7H,3,10H2,(H2,11,13)/t7-/m1/s1. The molecule has 0 spiro atoms. The Labute approximate surface area is 84.5 Å². The highest BCUT2D eigenvalue weighted by Crippen LogP contribution is 2.22. The van der Waals surface area contributed by atoms with Crippen molar-refractivity contribution in [2.75, 3.05) is 0 Å². The Morgan fingerprint density at radius 2 is 2.38 bits per heavy atom. The summed E-state index contributed by atoms with van der Waals surface area (Å²) in [5, 5.41) is 0. The number of amides is 1. The number of carbonyl (C=O) groups excluding carboxylic acids is 1. The Morgan fingerprint density at radius 1 is 1.69 bits per heavy atom. The molecule has 0 aliphatic rings. The zero-order valence-corrected chi connectivity index (χ0v) is 8.49. The van der Waals surface area contributed by atoms with Gasteiger partial charge < -0.3 is 11.5 Å². The van der Waals surface area contributed by atoms with E-state index in [1.165, 1.54) is 0 Å². The van der Waals surface area contributed by atoms with E-state index in [-0.39, 0.29) is 12.5 Å². The fraction of sp³-hybridized carbons (Fsp3) is 0.250. The van der Waals surface area contributed by atoms with Gasteiger partial charge in [0.05, 0.1) is 0 Å². The van der Waals surface area contributed by atoms with Crippen molar-refractivity contribution in [3.63, 3.8) is 0 Å². The molecule has 1 rings (SSSR count). The lowest BCUT2D eigenvalue weighted by Crippen LogP contribution is -2.20. The van der Waals surface area contributed by atoms with Crippen LogP contribution in [0, 0.1) is 0 Å². The van der Waals surface area contributed by atoms with Crippen LogP contribution >= 0.6 is 15.9 Å². The number of hydrogen-bond acceptors (Lipinski definition) is 3. The molecule has 0 fully saturated rings. The summed E-state index contributed by atoms with van der Waals surface area (Å²) in [5.41, 5.74) is 11.6. The van der Waals surface area contributed by atoms with Crippen LogP contribution in [0.2, 0.25) is 0 Å². The van der Waals surface area contributed by atoms with Crippen molar-refractivity contribution >= 4 is 21.8 Å². The maximum absolute atomic E-state index is 10.6. The summed E-state index contributed by atoms with van der Waals surface area (Å²) in [4.78, 5) is 14.5. The maximum atomic E-state index is 10.6. The van der Waals surface area contributed by atoms with Gasteiger partial charge in [-0.1, -0.05) is 0 Å². The van der Waals surface area contributed by atoms with Gasteiger partial charge >= 0.3 is 0 Å². The quantitative estimate of drug-likeness (QED) is 0.821. The molecule has 0 bridgehead atoms. The first kappa shape index (κ1) is 10.1. The van der Waals surface area contributed by atoms with Gasteiger partial charge in [0.1, 0.15) is 0 Å². The van der Waals surface area contributed by atoms with E-state index in [0.717, 1.165) is 10.0 Å². The van der Waals surface area contributed by atoms with E-state index in [9.17, 15) is 4.79 Å². The number of halogens is 1. The molecule has 0 unspecified atom stereocenters. The van der Waals surface area contributed by atoms with Crippen LogP contribution in [0.3, 0.4) is 0 Å². The summed E-state index contributed by atoms with van der Waals surface area (Å²) in [5.74, 6) is -0.406. The van der Waals surface area contributed by atoms with Crippen LogP contribution in [-0.2, 0) is 4.79 Å². The molecule has 1 aromatic heterocycles. The van der Waals surface area contributed by atoms with E-state index >= 15 is 0 Å². The summed E-state index contributed by atoms with van der Waals surface area (Å²) < 4.78 is 0.795. The first-order valence-electron chi connectivity index (χ1n) is 3.74. The van der Waals surface area contributed by atoms with Crippen LogP contribution in [0.25, 0.3) is 0 Å². The Kier molecular flexibility index (Phi) is 3.39. The minimum atomic E-state index is -0.406. The number of carbonyl (C=O) groups is 1. The lowest BCUT2D eigenvalue weighted by Gasteiger charge is -2.10. The second-order valence-electron chi connectivity index (χ2n) is 2.67. The van der Waals surface area contributed by atoms with Gasteiger partial charge in [-0.15, -0.1) is 0 Å². The van der Waals surface area contributed by atoms with Gasteiger partial charge in [-0.3, -0.25) is 9.78 Å². The van der Waals surface area contributed by atoms with Gasteiger partial charge in [0.25, 0.3) is 0 Å². The minimum Gasteiger partial charge on any atom is -0.370 e. The molecule has 0 saturated heterocycles. The predicted molar refractivity (Wildman–Crippen MR) is 52.7 cm³/mol. The molecule has 0 radical (unpaired) electrons. The van der Waals surface area contributed by atoms with Crippen LogP contribution in [-0.4, -0.2) is 10.9 Å². The summed E-state index contributed by atoms with van der Waals surface area (Å²) in [6, 6.07) is 1.40. The number of nitrogens with two attached hydrogens (primary N) is 2. The highest BCUT2D eigenvalue weighted by molar-refractivity contribution is 9.10. The zero-order valence-electron chi connectivity index (χ0n) is 6.90. The Balaban J connectivity index is 2.82. The summed E-state index contributed by atoms with van der Waals surface area (Å²) in [6.07, 6.45) is 3.40. The second kappa shape index (κ2) is 4.34. The molecule has 0 aliphatic carbocycles. The predicted octanol–water partition coefficient (Wildman–Crippen LogP) is 0.719. The molecule has 1 aromatic rings. The average Bonchev–Trinajstić information content (AvgIpc) is 2.03. The van der Waals surface area contributed by atoms with Gasteiger partial charge in [-0.2, -0.15) is 0 Å². The lowest BCUT2D eigenvalue weighted by atomic mass is 10.1. The summed E-state index contributed by atoms with van der Waals surface area (Å²) in [6.45, 7) is 0. The molecule has 1 amide bonds. The number of rotatable bonds is 3. The number of hydrogen-bond donors (Lipinski definition) is 2. The molecule has 4 N–H and O–H groups in total. The number of primary amides is 1. The van der Waals surface area contributed by atoms with Gasteiger partial charge in [0.2, 0.25) is 5.91 Å². The zero-order chi connectivity index (χ0) is 9.84. The topological polar surface area (TPSA) is 82.0 Å². The van der Waals surface area contributed by atoms with Crippen LogP contribution < -0.4 is 11.5 Å². The largest absolute Gasteiger partial charge is 0.370 e. The van der Waals surface area contributed by atoms with Crippen molar-refractivity contribution in [3.8, 4) is 0 Å². The van der Waals surface area contributed by atoms with Crippen LogP contribution in [0.4, 0.5) is 0 Å². The molecular weight excluding hydrogens is 234 g/mol. The van der Waals surface area contributed by atoms with Crippen LogP contribution in [0.15, 0.2) is 22.9 Å². The highest BCUT2D eigenvalue weighted by atomic mass is 79.9. The fourth-order valence-electron chi connectivity index (χ4n) is 1.01. The van der Waals surface area contributed by atoms with Crippen LogP contribution in [0.5, 0.6) is 0 Å². The molecule has 5 heteroatoms. The van der Waals surface area contributed by atoms with Crippen molar-refractivity contribution in [1.82, 2.24) is 4.98 Å². The van der Waals surface area contributed by atoms with Gasteiger partial charge in [0, 0.05) is 29.3 Å². The molecule has 0 saturated carbocycles. The molecule has 70 valence electrons. The molecule has 1 heterocycles. The molecule has 0 aromatic carbocycles. The number of pyridine rings is 1. The second-order valence-corrected chi connectivity index (χ2v) is 3.53. The third-order valence-corrected chi connectivity index (χ3v) is 2.29. The van der Waals surface area contributed by atoms with E-state index in [1.54, 1.807) is 18.5 Å². The fourth-order valence-corrected chi connectivity index (χ4v) is 1.56. The minimum absolute atomic E-state index is 0.141. The lowest BCUT2D eigenvalue weighted by molar-refractivity contribution is -0.118. The molecule has 1 atom stereocenters. The summed E-state index contributed by atoms with van der Waals surface area (Å²) in [7, 11) is 0. The van der Waals surface area contributed by atoms with E-state index in [1.807, 2.05) is 0 Å². The third-order valence-electron chi connectivity index (χ3n) is 1.62. The first-order valence-corrected chi connectivity index (χ1v) is 4.54. The van der Waals surface area contributed by atoms with E-state index < -0.39 is 5.91 Å². The summed E-state index contributed by atoms with van der Waals surface area (Å²) >= 11 is 3.29. The first-order chi connectivity index (χ1) is 6.11. The van der Waals surface area contributed by atoms with Gasteiger partial charge in [-0.25, -0.2) is 0 Å². The van der Waals surface area contributed by atoms with E-state index in [2.05, 4.69) is 20.9 Å². The van der Waals surface area contributed by atoms with Crippen molar-refractivity contribution < 1.29 is 4.79 Å². The van der Waals surface area contributed by atoms with Crippen LogP contribution in [0.1, 0.15) is 18.0 Å². The Bertz CT molecular complexity index is 316. The third kappa shape index (κ3) is 2.78. The number of nitrogens with zero attached hydrogens (tertiary/aromatic N) is 1. The van der Waals surface area contributed by atoms with E-state index in [4.69, 9.17) is 11.5 Å². The molecule has 0 aliphatic heterocycles. The smallest absolute Gasteiger partial charge is 0.219 e. The van der Waals surface area contributed by atoms with Crippen molar-refractivity contribution in [3.05, 3.63) is 28.5 Å². The van der Waals surface area contributed by atoms with Crippen molar-refractivity contribution in [2.45, 2.75) is 12.5 Å². The Hall–Kier alpha value is -0.940. The molecule has 13 heavy (non-hydrogen) atoms. The van der Waals surface area contributed by atoms with E-state index in [0.29, 0.717) is 0 Å². The normalized spacial score (nSPS) is 12.5. The van der Waals surface area contributed by atoms with Gasteiger partial charge in [-0.05, 0) is 27.6 Å². The Morgan fingerprint density at radius 3 is 2.92 bits per heavy atom. The molecular formula is C8H10BrN3O. The maximum Gasteiger partial charge on any atom is 0.219 e. The average molecular weight is 244 g/mol. The monoisotopic (exact) mass is 243 g/mol. The number of aromatic nitrogens is 1. The highest BCUT2D eigenvalue weighted by Gasteiger charge is 2.11. The van der Waals surface area contributed by atoms with Gasteiger partial charge in [0.15, 0.2) is 0 Å². The molecule has 4 nitrogen and oxygen atoms in total. The van der Waals surface area contributed by atoms with Crippen molar-refractivity contribution in [2.24, 2.45) is 11.5 Å². The SMILES string of the molecule is NC(=O)C[C@@H](N)c1ccncc1Br.